The van der Waals surface area contributed by atoms with Crippen LogP contribution in [0.5, 0.6) is 0 Å². The van der Waals surface area contributed by atoms with Gasteiger partial charge >= 0.3 is 0 Å². The lowest BCUT2D eigenvalue weighted by Gasteiger charge is -2.38. The van der Waals surface area contributed by atoms with Gasteiger partial charge in [-0.3, -0.25) is 0 Å². The van der Waals surface area contributed by atoms with E-state index in [0.717, 1.165) is 12.0 Å². The first-order valence-electron chi connectivity index (χ1n) is 6.93. The summed E-state index contributed by atoms with van der Waals surface area (Å²) in [5.41, 5.74) is 5.98. The summed E-state index contributed by atoms with van der Waals surface area (Å²) in [6, 6.07) is 5.42. The average molecular weight is 231 g/mol. The van der Waals surface area contributed by atoms with E-state index in [-0.39, 0.29) is 0 Å². The molecule has 1 aliphatic carbocycles. The molecule has 0 radical (unpaired) electrons. The Morgan fingerprint density at radius 2 is 1.71 bits per heavy atom. The van der Waals surface area contributed by atoms with Gasteiger partial charge in [-0.2, -0.15) is 0 Å². The highest BCUT2D eigenvalue weighted by molar-refractivity contribution is 5.41. The maximum Gasteiger partial charge on any atom is 0.00787 e. The van der Waals surface area contributed by atoms with E-state index in [4.69, 9.17) is 0 Å². The largest absolute Gasteiger partial charge is 0.314 e. The molecule has 17 heavy (non-hydrogen) atoms. The predicted octanol–water partition coefficient (Wildman–Crippen LogP) is 3.86. The summed E-state index contributed by atoms with van der Waals surface area (Å²) in [6.45, 7) is 10.1. The van der Waals surface area contributed by atoms with E-state index in [1.165, 1.54) is 42.5 Å². The van der Waals surface area contributed by atoms with Gasteiger partial charge < -0.3 is 5.32 Å². The van der Waals surface area contributed by atoms with Crippen LogP contribution in [-0.4, -0.2) is 12.6 Å². The average Bonchev–Trinajstić information content (AvgIpc) is 2.18. The first kappa shape index (κ1) is 12.6. The molecule has 0 saturated heterocycles. The van der Waals surface area contributed by atoms with Crippen LogP contribution in [0.25, 0.3) is 0 Å². The number of rotatable bonds is 4. The van der Waals surface area contributed by atoms with Crippen LogP contribution in [-0.2, 0) is 0 Å². The predicted molar refractivity (Wildman–Crippen MR) is 74.7 cm³/mol. The van der Waals surface area contributed by atoms with Crippen molar-refractivity contribution >= 4 is 0 Å². The zero-order valence-electron chi connectivity index (χ0n) is 11.6. The van der Waals surface area contributed by atoms with Crippen molar-refractivity contribution < 1.29 is 0 Å². The summed E-state index contributed by atoms with van der Waals surface area (Å²) in [4.78, 5) is 0. The van der Waals surface area contributed by atoms with E-state index in [1.54, 1.807) is 5.56 Å². The molecule has 0 bridgehead atoms. The minimum Gasteiger partial charge on any atom is -0.314 e. The van der Waals surface area contributed by atoms with E-state index in [2.05, 4.69) is 45.1 Å². The van der Waals surface area contributed by atoms with Crippen LogP contribution in [0.1, 0.15) is 54.4 Å². The lowest BCUT2D eigenvalue weighted by Crippen LogP contribution is -2.40. The Labute approximate surface area is 106 Å². The molecule has 1 aliphatic rings. The Morgan fingerprint density at radius 1 is 1.12 bits per heavy atom. The van der Waals surface area contributed by atoms with Gasteiger partial charge in [-0.25, -0.2) is 0 Å². The van der Waals surface area contributed by atoms with Crippen LogP contribution in [0.3, 0.4) is 0 Å². The minimum atomic E-state index is 0.764. The molecular weight excluding hydrogens is 206 g/mol. The SMILES string of the molecule is CCCNC1CC(c2c(C)cc(C)cc2C)C1. The molecule has 1 aromatic rings. The third kappa shape index (κ3) is 2.71. The van der Waals surface area contributed by atoms with Gasteiger partial charge in [-0.1, -0.05) is 24.6 Å². The van der Waals surface area contributed by atoms with Gasteiger partial charge in [0.2, 0.25) is 0 Å². The molecule has 1 N–H and O–H groups in total. The lowest BCUT2D eigenvalue weighted by molar-refractivity contribution is 0.290. The lowest BCUT2D eigenvalue weighted by atomic mass is 9.73. The van der Waals surface area contributed by atoms with Crippen molar-refractivity contribution in [3.05, 3.63) is 34.4 Å². The number of hydrogen-bond donors (Lipinski definition) is 1. The maximum absolute atomic E-state index is 3.62. The van der Waals surface area contributed by atoms with Crippen molar-refractivity contribution in [2.75, 3.05) is 6.54 Å². The summed E-state index contributed by atoms with van der Waals surface area (Å²) >= 11 is 0. The van der Waals surface area contributed by atoms with E-state index in [1.807, 2.05) is 0 Å². The Morgan fingerprint density at radius 3 is 2.24 bits per heavy atom. The standard InChI is InChI=1S/C16H25N/c1-5-6-17-15-9-14(10-15)16-12(3)7-11(2)8-13(16)4/h7-8,14-15,17H,5-6,9-10H2,1-4H3. The highest BCUT2D eigenvalue weighted by Gasteiger charge is 2.31. The summed E-state index contributed by atoms with van der Waals surface area (Å²) < 4.78 is 0. The molecule has 1 aromatic carbocycles. The fourth-order valence-corrected chi connectivity index (χ4v) is 3.20. The van der Waals surface area contributed by atoms with Crippen LogP contribution in [0.2, 0.25) is 0 Å². The highest BCUT2D eigenvalue weighted by Crippen LogP contribution is 2.40. The summed E-state index contributed by atoms with van der Waals surface area (Å²) in [5.74, 6) is 0.796. The second kappa shape index (κ2) is 5.22. The van der Waals surface area contributed by atoms with Gasteiger partial charge in [0.1, 0.15) is 0 Å². The van der Waals surface area contributed by atoms with E-state index in [0.29, 0.717) is 0 Å². The van der Waals surface area contributed by atoms with E-state index >= 15 is 0 Å². The molecule has 0 amide bonds. The van der Waals surface area contributed by atoms with E-state index < -0.39 is 0 Å². The molecule has 1 nitrogen and oxygen atoms in total. The quantitative estimate of drug-likeness (QED) is 0.829. The Kier molecular flexibility index (Phi) is 3.88. The van der Waals surface area contributed by atoms with Crippen LogP contribution in [0.4, 0.5) is 0 Å². The minimum absolute atomic E-state index is 0.764. The van der Waals surface area contributed by atoms with Crippen molar-refractivity contribution in [1.82, 2.24) is 5.32 Å². The molecule has 0 aliphatic heterocycles. The first-order valence-corrected chi connectivity index (χ1v) is 6.93. The fourth-order valence-electron chi connectivity index (χ4n) is 3.20. The van der Waals surface area contributed by atoms with Crippen LogP contribution < -0.4 is 5.32 Å². The van der Waals surface area contributed by atoms with Crippen molar-refractivity contribution in [3.8, 4) is 0 Å². The molecule has 1 heteroatoms. The number of nitrogens with one attached hydrogen (secondary N) is 1. The van der Waals surface area contributed by atoms with Gasteiger partial charge in [0, 0.05) is 6.04 Å². The smallest absolute Gasteiger partial charge is 0.00787 e. The van der Waals surface area contributed by atoms with Crippen molar-refractivity contribution in [2.45, 2.75) is 58.9 Å². The van der Waals surface area contributed by atoms with Gasteiger partial charge in [0.05, 0.1) is 0 Å². The second-order valence-electron chi connectivity index (χ2n) is 5.63. The molecule has 0 spiro atoms. The van der Waals surface area contributed by atoms with Gasteiger partial charge in [-0.05, 0) is 69.2 Å². The maximum atomic E-state index is 3.62. The monoisotopic (exact) mass is 231 g/mol. The second-order valence-corrected chi connectivity index (χ2v) is 5.63. The number of aryl methyl sites for hydroxylation is 3. The molecule has 94 valence electrons. The van der Waals surface area contributed by atoms with Crippen LogP contribution in [0.15, 0.2) is 12.1 Å². The molecular formula is C16H25N. The normalized spacial score (nSPS) is 23.5. The van der Waals surface area contributed by atoms with Crippen LogP contribution >= 0.6 is 0 Å². The molecule has 0 unspecified atom stereocenters. The fraction of sp³-hybridized carbons (Fsp3) is 0.625. The van der Waals surface area contributed by atoms with E-state index in [9.17, 15) is 0 Å². The molecule has 0 atom stereocenters. The molecule has 1 saturated carbocycles. The van der Waals surface area contributed by atoms with Gasteiger partial charge in [-0.15, -0.1) is 0 Å². The Bertz CT molecular complexity index is 366. The van der Waals surface area contributed by atoms with Gasteiger partial charge in [0.25, 0.3) is 0 Å². The first-order chi connectivity index (χ1) is 8.11. The molecule has 0 heterocycles. The third-order valence-electron chi connectivity index (χ3n) is 3.97. The molecule has 2 rings (SSSR count). The topological polar surface area (TPSA) is 12.0 Å². The molecule has 0 aromatic heterocycles. The van der Waals surface area contributed by atoms with Crippen molar-refractivity contribution in [3.63, 3.8) is 0 Å². The Balaban J connectivity index is 2.01. The summed E-state index contributed by atoms with van der Waals surface area (Å²) in [6.07, 6.45) is 3.89. The zero-order chi connectivity index (χ0) is 12.4. The van der Waals surface area contributed by atoms with Crippen LogP contribution in [0, 0.1) is 20.8 Å². The highest BCUT2D eigenvalue weighted by atomic mass is 14.9. The molecule has 1 fully saturated rings. The van der Waals surface area contributed by atoms with Gasteiger partial charge in [0.15, 0.2) is 0 Å². The number of benzene rings is 1. The third-order valence-corrected chi connectivity index (χ3v) is 3.97. The zero-order valence-corrected chi connectivity index (χ0v) is 11.6. The Hall–Kier alpha value is -0.820. The summed E-state index contributed by atoms with van der Waals surface area (Å²) in [7, 11) is 0. The number of hydrogen-bond acceptors (Lipinski definition) is 1. The van der Waals surface area contributed by atoms with Crippen molar-refractivity contribution in [1.29, 1.82) is 0 Å². The van der Waals surface area contributed by atoms with Crippen molar-refractivity contribution in [2.24, 2.45) is 0 Å². The summed E-state index contributed by atoms with van der Waals surface area (Å²) in [5, 5.41) is 3.62.